The Labute approximate surface area is 101 Å². The van der Waals surface area contributed by atoms with Gasteiger partial charge in [0.2, 0.25) is 0 Å². The van der Waals surface area contributed by atoms with Crippen LogP contribution in [0.1, 0.15) is 39.5 Å². The van der Waals surface area contributed by atoms with E-state index in [1.807, 2.05) is 13.8 Å². The lowest BCUT2D eigenvalue weighted by Crippen LogP contribution is -2.52. The Morgan fingerprint density at radius 2 is 1.82 bits per heavy atom. The second-order valence-electron chi connectivity index (χ2n) is 3.99. The summed E-state index contributed by atoms with van der Waals surface area (Å²) in [6, 6.07) is -0.386. The van der Waals surface area contributed by atoms with Gasteiger partial charge in [0.05, 0.1) is 6.42 Å². The highest BCUT2D eigenvalue weighted by Gasteiger charge is 2.27. The molecule has 0 aromatic carbocycles. The maximum atomic E-state index is 11.5. The van der Waals surface area contributed by atoms with Crippen molar-refractivity contribution in [3.05, 3.63) is 0 Å². The zero-order chi connectivity index (χ0) is 13.3. The number of carbonyl (C=O) groups is 2. The molecular formula is C11H22N2O4. The molecular weight excluding hydrogens is 224 g/mol. The number of aliphatic hydroxyl groups is 1. The van der Waals surface area contributed by atoms with Gasteiger partial charge in [-0.15, -0.1) is 0 Å². The molecule has 6 heteroatoms. The molecule has 4 N–H and O–H groups in total. The maximum absolute atomic E-state index is 11.5. The van der Waals surface area contributed by atoms with E-state index in [1.165, 1.54) is 0 Å². The highest BCUT2D eigenvalue weighted by Crippen LogP contribution is 2.18. The van der Waals surface area contributed by atoms with Crippen LogP contribution in [0.3, 0.4) is 0 Å². The van der Waals surface area contributed by atoms with E-state index < -0.39 is 11.5 Å². The van der Waals surface area contributed by atoms with E-state index in [1.54, 1.807) is 0 Å². The van der Waals surface area contributed by atoms with Gasteiger partial charge < -0.3 is 20.8 Å². The fourth-order valence-corrected chi connectivity index (χ4v) is 1.62. The molecule has 0 aliphatic rings. The van der Waals surface area contributed by atoms with Crippen molar-refractivity contribution in [3.8, 4) is 0 Å². The summed E-state index contributed by atoms with van der Waals surface area (Å²) < 4.78 is 0. The molecule has 0 radical (unpaired) electrons. The summed E-state index contributed by atoms with van der Waals surface area (Å²) in [5.41, 5.74) is -0.415. The molecule has 0 fully saturated rings. The minimum atomic E-state index is -0.946. The zero-order valence-electron chi connectivity index (χ0n) is 10.5. The summed E-state index contributed by atoms with van der Waals surface area (Å²) in [4.78, 5) is 21.8. The highest BCUT2D eigenvalue weighted by atomic mass is 16.4. The van der Waals surface area contributed by atoms with E-state index in [9.17, 15) is 9.59 Å². The standard InChI is InChI=1S/C11H22N2O4/c1-3-11(4-2,6-8-14)13-10(17)12-7-5-9(15)16/h14H,3-8H2,1-2H3,(H,15,16)(H2,12,13,17). The fraction of sp³-hybridized carbons (Fsp3) is 0.818. The van der Waals surface area contributed by atoms with Crippen molar-refractivity contribution in [1.29, 1.82) is 0 Å². The number of amides is 2. The SMILES string of the molecule is CCC(CC)(CCO)NC(=O)NCCC(=O)O. The van der Waals surface area contributed by atoms with Gasteiger partial charge in [0.1, 0.15) is 0 Å². The van der Waals surface area contributed by atoms with Gasteiger partial charge in [-0.1, -0.05) is 13.8 Å². The van der Waals surface area contributed by atoms with Crippen LogP contribution in [0.2, 0.25) is 0 Å². The van der Waals surface area contributed by atoms with Crippen LogP contribution in [0.25, 0.3) is 0 Å². The largest absolute Gasteiger partial charge is 0.481 e. The summed E-state index contributed by atoms with van der Waals surface area (Å²) in [5, 5.41) is 22.7. The number of rotatable bonds is 8. The molecule has 2 amide bonds. The third-order valence-electron chi connectivity index (χ3n) is 2.95. The molecule has 0 heterocycles. The Hall–Kier alpha value is -1.30. The molecule has 17 heavy (non-hydrogen) atoms. The minimum Gasteiger partial charge on any atom is -0.481 e. The van der Waals surface area contributed by atoms with Crippen molar-refractivity contribution in [3.63, 3.8) is 0 Å². The molecule has 100 valence electrons. The van der Waals surface area contributed by atoms with Gasteiger partial charge in [-0.25, -0.2) is 4.79 Å². The smallest absolute Gasteiger partial charge is 0.315 e. The van der Waals surface area contributed by atoms with Crippen LogP contribution >= 0.6 is 0 Å². The Kier molecular flexibility index (Phi) is 7.29. The van der Waals surface area contributed by atoms with Crippen LogP contribution in [0.15, 0.2) is 0 Å². The van der Waals surface area contributed by atoms with Crippen molar-refractivity contribution in [1.82, 2.24) is 10.6 Å². The van der Waals surface area contributed by atoms with Gasteiger partial charge in [-0.05, 0) is 19.3 Å². The Morgan fingerprint density at radius 1 is 1.24 bits per heavy atom. The third-order valence-corrected chi connectivity index (χ3v) is 2.95. The molecule has 0 saturated heterocycles. The number of carboxylic acid groups (broad SMARTS) is 1. The lowest BCUT2D eigenvalue weighted by molar-refractivity contribution is -0.136. The van der Waals surface area contributed by atoms with Crippen LogP contribution in [0, 0.1) is 0 Å². The molecule has 6 nitrogen and oxygen atoms in total. The lowest BCUT2D eigenvalue weighted by Gasteiger charge is -2.32. The predicted octanol–water partition coefficient (Wildman–Crippen LogP) is 0.701. The minimum absolute atomic E-state index is 0.0110. The highest BCUT2D eigenvalue weighted by molar-refractivity contribution is 5.75. The molecule has 0 bridgehead atoms. The number of carbonyl (C=O) groups excluding carboxylic acids is 1. The summed E-state index contributed by atoms with van der Waals surface area (Å²) in [6.45, 7) is 3.99. The van der Waals surface area contributed by atoms with E-state index >= 15 is 0 Å². The number of aliphatic hydroxyl groups excluding tert-OH is 1. The molecule has 0 rings (SSSR count). The second kappa shape index (κ2) is 7.89. The van der Waals surface area contributed by atoms with Crippen molar-refractivity contribution in [2.24, 2.45) is 0 Å². The lowest BCUT2D eigenvalue weighted by atomic mass is 9.89. The van der Waals surface area contributed by atoms with Crippen LogP contribution in [-0.4, -0.2) is 40.9 Å². The van der Waals surface area contributed by atoms with Crippen molar-refractivity contribution in [2.45, 2.75) is 45.1 Å². The van der Waals surface area contributed by atoms with E-state index in [-0.39, 0.29) is 25.6 Å². The summed E-state index contributed by atoms with van der Waals surface area (Å²) in [7, 11) is 0. The van der Waals surface area contributed by atoms with Crippen molar-refractivity contribution in [2.75, 3.05) is 13.2 Å². The Bertz CT molecular complexity index is 252. The second-order valence-corrected chi connectivity index (χ2v) is 3.99. The molecule has 0 aromatic heterocycles. The van der Waals surface area contributed by atoms with Gasteiger partial charge in [-0.2, -0.15) is 0 Å². The van der Waals surface area contributed by atoms with E-state index in [4.69, 9.17) is 10.2 Å². The Morgan fingerprint density at radius 3 is 2.24 bits per heavy atom. The van der Waals surface area contributed by atoms with Gasteiger partial charge in [0, 0.05) is 18.7 Å². The fourth-order valence-electron chi connectivity index (χ4n) is 1.62. The first kappa shape index (κ1) is 15.7. The topological polar surface area (TPSA) is 98.7 Å². The first-order chi connectivity index (χ1) is 7.99. The van der Waals surface area contributed by atoms with Crippen LogP contribution in [0.4, 0.5) is 4.79 Å². The summed E-state index contributed by atoms with van der Waals surface area (Å²) in [6.07, 6.45) is 1.83. The predicted molar refractivity (Wildman–Crippen MR) is 63.8 cm³/mol. The van der Waals surface area contributed by atoms with Crippen LogP contribution in [0.5, 0.6) is 0 Å². The van der Waals surface area contributed by atoms with Gasteiger partial charge in [0.15, 0.2) is 0 Å². The average molecular weight is 246 g/mol. The average Bonchev–Trinajstić information content (AvgIpc) is 2.27. The normalized spacial score (nSPS) is 11.0. The molecule has 0 unspecified atom stereocenters. The number of urea groups is 1. The molecule has 0 atom stereocenters. The zero-order valence-corrected chi connectivity index (χ0v) is 10.5. The number of nitrogens with one attached hydrogen (secondary N) is 2. The number of hydrogen-bond acceptors (Lipinski definition) is 3. The van der Waals surface area contributed by atoms with Crippen molar-refractivity contribution >= 4 is 12.0 Å². The number of carboxylic acids is 1. The molecule has 0 aliphatic carbocycles. The monoisotopic (exact) mass is 246 g/mol. The summed E-state index contributed by atoms with van der Waals surface area (Å²) in [5.74, 6) is -0.946. The number of aliphatic carboxylic acids is 1. The van der Waals surface area contributed by atoms with Crippen LogP contribution < -0.4 is 10.6 Å². The van der Waals surface area contributed by atoms with E-state index in [0.29, 0.717) is 6.42 Å². The molecule has 0 aromatic rings. The van der Waals surface area contributed by atoms with Gasteiger partial charge in [-0.3, -0.25) is 4.79 Å². The Balaban J connectivity index is 4.16. The van der Waals surface area contributed by atoms with E-state index in [0.717, 1.165) is 12.8 Å². The maximum Gasteiger partial charge on any atom is 0.315 e. The molecule has 0 spiro atoms. The van der Waals surface area contributed by atoms with Crippen molar-refractivity contribution < 1.29 is 19.8 Å². The summed E-state index contributed by atoms with van der Waals surface area (Å²) >= 11 is 0. The van der Waals surface area contributed by atoms with E-state index in [2.05, 4.69) is 10.6 Å². The molecule has 0 aliphatic heterocycles. The van der Waals surface area contributed by atoms with Crippen LogP contribution in [-0.2, 0) is 4.79 Å². The third kappa shape index (κ3) is 6.11. The first-order valence-electron chi connectivity index (χ1n) is 5.88. The quantitative estimate of drug-likeness (QED) is 0.506. The molecule has 0 saturated carbocycles. The first-order valence-corrected chi connectivity index (χ1v) is 5.88. The number of hydrogen-bond donors (Lipinski definition) is 4. The van der Waals surface area contributed by atoms with Gasteiger partial charge in [0.25, 0.3) is 0 Å². The van der Waals surface area contributed by atoms with Gasteiger partial charge >= 0.3 is 12.0 Å².